The predicted octanol–water partition coefficient (Wildman–Crippen LogP) is 1.88. The summed E-state index contributed by atoms with van der Waals surface area (Å²) in [5, 5.41) is 2.95. The molecule has 2 amide bonds. The van der Waals surface area contributed by atoms with E-state index in [0.717, 1.165) is 29.8 Å². The lowest BCUT2D eigenvalue weighted by atomic mass is 9.95. The van der Waals surface area contributed by atoms with Crippen molar-refractivity contribution in [1.29, 1.82) is 0 Å². The minimum atomic E-state index is -0.299. The van der Waals surface area contributed by atoms with E-state index in [2.05, 4.69) is 21.2 Å². The van der Waals surface area contributed by atoms with Gasteiger partial charge >= 0.3 is 0 Å². The van der Waals surface area contributed by atoms with E-state index in [4.69, 9.17) is 4.74 Å². The Bertz CT molecular complexity index is 874. The number of methoxy groups -OCH3 is 1. The van der Waals surface area contributed by atoms with Crippen LogP contribution in [0.5, 0.6) is 5.75 Å². The highest BCUT2D eigenvalue weighted by Crippen LogP contribution is 2.25. The Balaban J connectivity index is 1.33. The van der Waals surface area contributed by atoms with Crippen LogP contribution in [0.15, 0.2) is 48.8 Å². The van der Waals surface area contributed by atoms with Crippen molar-refractivity contribution in [2.24, 2.45) is 5.92 Å². The number of aromatic nitrogens is 1. The highest BCUT2D eigenvalue weighted by Gasteiger charge is 2.36. The quantitative estimate of drug-likeness (QED) is 0.698. The van der Waals surface area contributed by atoms with Crippen LogP contribution in [0, 0.1) is 5.92 Å². The monoisotopic (exact) mass is 409 g/mol. The number of benzene rings is 1. The molecule has 0 bridgehead atoms. The summed E-state index contributed by atoms with van der Waals surface area (Å²) < 4.78 is 5.14. The van der Waals surface area contributed by atoms with Gasteiger partial charge in [0.25, 0.3) is 0 Å². The SMILES string of the molecule is COc1ccc(NC(=O)C2CCCN(C(=O)C3CC(c4ccncc4)NN3)C2)cc1. The number of hydrogen-bond acceptors (Lipinski definition) is 6. The number of rotatable bonds is 5. The first-order chi connectivity index (χ1) is 14.6. The van der Waals surface area contributed by atoms with E-state index in [1.165, 1.54) is 0 Å². The van der Waals surface area contributed by atoms with Crippen molar-refractivity contribution in [3.8, 4) is 5.75 Å². The first kappa shape index (κ1) is 20.3. The van der Waals surface area contributed by atoms with Crippen molar-refractivity contribution < 1.29 is 14.3 Å². The molecule has 2 aromatic rings. The summed E-state index contributed by atoms with van der Waals surface area (Å²) in [6.07, 6.45) is 5.77. The second kappa shape index (κ2) is 9.23. The summed E-state index contributed by atoms with van der Waals surface area (Å²) in [7, 11) is 1.61. The number of carbonyl (C=O) groups excluding carboxylic acids is 2. The third kappa shape index (κ3) is 4.60. The number of pyridine rings is 1. The van der Waals surface area contributed by atoms with E-state index >= 15 is 0 Å². The smallest absolute Gasteiger partial charge is 0.241 e. The lowest BCUT2D eigenvalue weighted by Gasteiger charge is -2.33. The molecule has 3 heterocycles. The van der Waals surface area contributed by atoms with Gasteiger partial charge in [0.15, 0.2) is 0 Å². The molecule has 3 unspecified atom stereocenters. The second-order valence-corrected chi connectivity index (χ2v) is 7.75. The van der Waals surface area contributed by atoms with E-state index in [9.17, 15) is 9.59 Å². The van der Waals surface area contributed by atoms with Gasteiger partial charge in [-0.1, -0.05) is 0 Å². The first-order valence-corrected chi connectivity index (χ1v) is 10.3. The van der Waals surface area contributed by atoms with Crippen molar-refractivity contribution in [3.05, 3.63) is 54.4 Å². The van der Waals surface area contributed by atoms with Gasteiger partial charge in [-0.2, -0.15) is 0 Å². The molecule has 0 saturated carbocycles. The lowest BCUT2D eigenvalue weighted by Crippen LogP contribution is -2.50. The zero-order chi connectivity index (χ0) is 20.9. The number of likely N-dealkylation sites (tertiary alicyclic amines) is 1. The van der Waals surface area contributed by atoms with Gasteiger partial charge in [-0.05, 0) is 61.2 Å². The summed E-state index contributed by atoms with van der Waals surface area (Å²) in [5.41, 5.74) is 8.16. The average Bonchev–Trinajstić information content (AvgIpc) is 3.30. The van der Waals surface area contributed by atoms with Gasteiger partial charge in [-0.3, -0.25) is 14.6 Å². The molecular formula is C22H27N5O3. The fourth-order valence-corrected chi connectivity index (χ4v) is 4.06. The van der Waals surface area contributed by atoms with Crippen LogP contribution in [-0.2, 0) is 9.59 Å². The molecule has 2 aliphatic heterocycles. The number of amides is 2. The van der Waals surface area contributed by atoms with Crippen molar-refractivity contribution in [1.82, 2.24) is 20.7 Å². The maximum absolute atomic E-state index is 13.0. The summed E-state index contributed by atoms with van der Waals surface area (Å²) >= 11 is 0. The van der Waals surface area contributed by atoms with E-state index in [1.807, 2.05) is 41.3 Å². The van der Waals surface area contributed by atoms with Gasteiger partial charge in [0.05, 0.1) is 13.0 Å². The molecule has 0 radical (unpaired) electrons. The van der Waals surface area contributed by atoms with Crippen molar-refractivity contribution in [2.75, 3.05) is 25.5 Å². The number of piperidine rings is 1. The van der Waals surface area contributed by atoms with E-state index < -0.39 is 0 Å². The van der Waals surface area contributed by atoms with Crippen LogP contribution in [0.25, 0.3) is 0 Å². The minimum Gasteiger partial charge on any atom is -0.497 e. The number of ether oxygens (including phenoxy) is 1. The third-order valence-electron chi connectivity index (χ3n) is 5.77. The van der Waals surface area contributed by atoms with Gasteiger partial charge in [0, 0.05) is 37.2 Å². The molecule has 30 heavy (non-hydrogen) atoms. The molecule has 3 N–H and O–H groups in total. The number of hydrogen-bond donors (Lipinski definition) is 3. The van der Waals surface area contributed by atoms with Crippen LogP contribution in [0.3, 0.4) is 0 Å². The number of nitrogens with one attached hydrogen (secondary N) is 3. The molecule has 3 atom stereocenters. The van der Waals surface area contributed by atoms with Gasteiger partial charge in [-0.25, -0.2) is 10.9 Å². The average molecular weight is 409 g/mol. The normalized spacial score (nSPS) is 23.8. The van der Waals surface area contributed by atoms with Gasteiger partial charge in [0.2, 0.25) is 11.8 Å². The highest BCUT2D eigenvalue weighted by molar-refractivity contribution is 5.93. The standard InChI is InChI=1S/C22H27N5O3/c1-30-18-6-4-17(5-7-18)24-21(28)16-3-2-12-27(14-16)22(29)20-13-19(25-26-20)15-8-10-23-11-9-15/h4-11,16,19-20,25-26H,2-3,12-14H2,1H3,(H,24,28). The molecule has 0 aliphatic carbocycles. The third-order valence-corrected chi connectivity index (χ3v) is 5.77. The van der Waals surface area contributed by atoms with Crippen LogP contribution in [0.1, 0.15) is 30.9 Å². The molecule has 4 rings (SSSR count). The zero-order valence-corrected chi connectivity index (χ0v) is 17.0. The molecule has 0 spiro atoms. The van der Waals surface area contributed by atoms with E-state index in [0.29, 0.717) is 19.5 Å². The van der Waals surface area contributed by atoms with Gasteiger partial charge in [0.1, 0.15) is 11.8 Å². The van der Waals surface area contributed by atoms with Crippen LogP contribution in [0.4, 0.5) is 5.69 Å². The molecule has 8 nitrogen and oxygen atoms in total. The van der Waals surface area contributed by atoms with Crippen molar-refractivity contribution in [3.63, 3.8) is 0 Å². The van der Waals surface area contributed by atoms with E-state index in [-0.39, 0.29) is 29.8 Å². The highest BCUT2D eigenvalue weighted by atomic mass is 16.5. The lowest BCUT2D eigenvalue weighted by molar-refractivity contribution is -0.136. The summed E-state index contributed by atoms with van der Waals surface area (Å²) in [6.45, 7) is 1.13. The Morgan fingerprint density at radius 2 is 1.90 bits per heavy atom. The fourth-order valence-electron chi connectivity index (χ4n) is 4.06. The van der Waals surface area contributed by atoms with Crippen LogP contribution < -0.4 is 20.9 Å². The largest absolute Gasteiger partial charge is 0.497 e. The predicted molar refractivity (Wildman–Crippen MR) is 113 cm³/mol. The summed E-state index contributed by atoms with van der Waals surface area (Å²) in [5.74, 6) is 0.520. The van der Waals surface area contributed by atoms with Crippen LogP contribution in [0.2, 0.25) is 0 Å². The fraction of sp³-hybridized carbons (Fsp3) is 0.409. The maximum atomic E-state index is 13.0. The second-order valence-electron chi connectivity index (χ2n) is 7.75. The molecule has 8 heteroatoms. The Morgan fingerprint density at radius 3 is 2.63 bits per heavy atom. The van der Waals surface area contributed by atoms with Crippen LogP contribution >= 0.6 is 0 Å². The van der Waals surface area contributed by atoms with Crippen LogP contribution in [-0.4, -0.2) is 47.9 Å². The Kier molecular flexibility index (Phi) is 6.25. The summed E-state index contributed by atoms with van der Waals surface area (Å²) in [6, 6.07) is 10.9. The molecule has 1 aromatic heterocycles. The molecule has 2 fully saturated rings. The number of nitrogens with zero attached hydrogens (tertiary/aromatic N) is 2. The first-order valence-electron chi connectivity index (χ1n) is 10.3. The summed E-state index contributed by atoms with van der Waals surface area (Å²) in [4.78, 5) is 31.6. The van der Waals surface area contributed by atoms with Crippen molar-refractivity contribution in [2.45, 2.75) is 31.3 Å². The van der Waals surface area contributed by atoms with E-state index in [1.54, 1.807) is 19.5 Å². The molecule has 2 saturated heterocycles. The number of anilines is 1. The number of carbonyl (C=O) groups is 2. The molecule has 1 aromatic carbocycles. The number of hydrazine groups is 1. The Morgan fingerprint density at radius 1 is 1.13 bits per heavy atom. The Hall–Kier alpha value is -2.97. The topological polar surface area (TPSA) is 95.6 Å². The van der Waals surface area contributed by atoms with Gasteiger partial charge in [-0.15, -0.1) is 0 Å². The Labute approximate surface area is 176 Å². The molecule has 2 aliphatic rings. The maximum Gasteiger partial charge on any atom is 0.241 e. The van der Waals surface area contributed by atoms with Crippen molar-refractivity contribution >= 4 is 17.5 Å². The van der Waals surface area contributed by atoms with Gasteiger partial charge < -0.3 is 15.0 Å². The zero-order valence-electron chi connectivity index (χ0n) is 17.0. The molecule has 158 valence electrons. The molecular weight excluding hydrogens is 382 g/mol. The minimum absolute atomic E-state index is 0.0426.